The summed E-state index contributed by atoms with van der Waals surface area (Å²) in [5.41, 5.74) is 5.72. The number of nitrogens with one attached hydrogen (secondary N) is 1. The van der Waals surface area contributed by atoms with Crippen molar-refractivity contribution < 1.29 is 9.53 Å². The topological polar surface area (TPSA) is 67.6 Å². The van der Waals surface area contributed by atoms with Crippen LogP contribution in [0.2, 0.25) is 0 Å². The van der Waals surface area contributed by atoms with Crippen molar-refractivity contribution in [3.8, 4) is 0 Å². The Hall–Kier alpha value is -1.43. The molecule has 0 saturated heterocycles. The van der Waals surface area contributed by atoms with Crippen molar-refractivity contribution >= 4 is 5.91 Å². The predicted octanol–water partition coefficient (Wildman–Crippen LogP) is 0.555. The van der Waals surface area contributed by atoms with E-state index in [1.165, 1.54) is 0 Å². The lowest BCUT2D eigenvalue weighted by Gasteiger charge is -2.32. The Morgan fingerprint density at radius 1 is 1.35 bits per heavy atom. The summed E-state index contributed by atoms with van der Waals surface area (Å²) in [6, 6.07) is 9.61. The van der Waals surface area contributed by atoms with Crippen molar-refractivity contribution in [2.75, 3.05) is 40.9 Å². The highest BCUT2D eigenvalue weighted by Gasteiger charge is 2.36. The quantitative estimate of drug-likeness (QED) is 0.693. The van der Waals surface area contributed by atoms with Gasteiger partial charge in [0.15, 0.2) is 0 Å². The Bertz CT molecular complexity index is 411. The van der Waals surface area contributed by atoms with Crippen LogP contribution >= 0.6 is 0 Å². The van der Waals surface area contributed by atoms with Gasteiger partial charge in [0.05, 0.1) is 6.61 Å². The third-order valence-electron chi connectivity index (χ3n) is 3.66. The first-order valence-corrected chi connectivity index (χ1v) is 6.78. The van der Waals surface area contributed by atoms with E-state index in [0.29, 0.717) is 13.0 Å². The van der Waals surface area contributed by atoms with Gasteiger partial charge in [-0.3, -0.25) is 4.79 Å². The number of hydrogen-bond acceptors (Lipinski definition) is 4. The van der Waals surface area contributed by atoms with Crippen LogP contribution in [0.15, 0.2) is 30.3 Å². The van der Waals surface area contributed by atoms with Crippen LogP contribution in [0.4, 0.5) is 0 Å². The van der Waals surface area contributed by atoms with E-state index in [1.807, 2.05) is 37.4 Å². The van der Waals surface area contributed by atoms with Crippen LogP contribution in [0.5, 0.6) is 0 Å². The average Bonchev–Trinajstić information content (AvgIpc) is 2.47. The number of rotatable bonds is 9. The zero-order valence-electron chi connectivity index (χ0n) is 12.6. The van der Waals surface area contributed by atoms with Gasteiger partial charge in [-0.2, -0.15) is 0 Å². The van der Waals surface area contributed by atoms with Crippen LogP contribution in [0.1, 0.15) is 12.0 Å². The summed E-state index contributed by atoms with van der Waals surface area (Å²) in [4.78, 5) is 14.1. The zero-order chi connectivity index (χ0) is 15.0. The molecule has 0 aliphatic heterocycles. The fourth-order valence-corrected chi connectivity index (χ4v) is 2.24. The molecule has 5 nitrogen and oxygen atoms in total. The van der Waals surface area contributed by atoms with Gasteiger partial charge in [-0.05, 0) is 26.1 Å². The fraction of sp³-hybridized carbons (Fsp3) is 0.533. The molecule has 0 bridgehead atoms. The zero-order valence-corrected chi connectivity index (χ0v) is 12.6. The van der Waals surface area contributed by atoms with Crippen LogP contribution in [-0.2, 0) is 15.1 Å². The van der Waals surface area contributed by atoms with E-state index in [2.05, 4.69) is 10.2 Å². The van der Waals surface area contributed by atoms with Crippen molar-refractivity contribution in [1.29, 1.82) is 0 Å². The number of primary amides is 1. The Morgan fingerprint density at radius 2 is 2.00 bits per heavy atom. The number of amides is 1. The van der Waals surface area contributed by atoms with Gasteiger partial charge in [0, 0.05) is 20.2 Å². The molecular formula is C15H25N3O2. The highest BCUT2D eigenvalue weighted by molar-refractivity contribution is 5.86. The van der Waals surface area contributed by atoms with Gasteiger partial charge in [0.25, 0.3) is 0 Å². The second-order valence-corrected chi connectivity index (χ2v) is 4.93. The number of benzene rings is 1. The molecule has 1 aromatic rings. The van der Waals surface area contributed by atoms with Crippen molar-refractivity contribution in [2.24, 2.45) is 5.73 Å². The monoisotopic (exact) mass is 279 g/mol. The number of hydrogen-bond donors (Lipinski definition) is 2. The van der Waals surface area contributed by atoms with Crippen LogP contribution in [-0.4, -0.2) is 51.7 Å². The van der Waals surface area contributed by atoms with Gasteiger partial charge >= 0.3 is 0 Å². The normalized spacial score (nSPS) is 14.2. The van der Waals surface area contributed by atoms with Crippen molar-refractivity contribution in [3.05, 3.63) is 35.9 Å². The van der Waals surface area contributed by atoms with E-state index < -0.39 is 5.54 Å². The maximum atomic E-state index is 12.0. The van der Waals surface area contributed by atoms with Crippen LogP contribution in [0, 0.1) is 0 Å². The van der Waals surface area contributed by atoms with Crippen LogP contribution in [0.25, 0.3) is 0 Å². The molecule has 0 aromatic heterocycles. The van der Waals surface area contributed by atoms with E-state index in [1.54, 1.807) is 14.2 Å². The Morgan fingerprint density at radius 3 is 2.50 bits per heavy atom. The Balaban J connectivity index is 2.83. The first-order valence-electron chi connectivity index (χ1n) is 6.78. The Labute approximate surface area is 121 Å². The largest absolute Gasteiger partial charge is 0.383 e. The van der Waals surface area contributed by atoms with E-state index in [-0.39, 0.29) is 5.91 Å². The second kappa shape index (κ2) is 7.99. The van der Waals surface area contributed by atoms with Crippen molar-refractivity contribution in [2.45, 2.75) is 12.0 Å². The highest BCUT2D eigenvalue weighted by atomic mass is 16.5. The van der Waals surface area contributed by atoms with E-state index >= 15 is 0 Å². The first-order chi connectivity index (χ1) is 9.56. The molecule has 0 spiro atoms. The summed E-state index contributed by atoms with van der Waals surface area (Å²) in [6.07, 6.45) is 0.614. The fourth-order valence-electron chi connectivity index (χ4n) is 2.24. The average molecular weight is 279 g/mol. The van der Waals surface area contributed by atoms with Gasteiger partial charge in [-0.25, -0.2) is 0 Å². The predicted molar refractivity (Wildman–Crippen MR) is 80.4 cm³/mol. The SMILES string of the molecule is CNC(CCN(C)CCOC)(C(N)=O)c1ccccc1. The lowest BCUT2D eigenvalue weighted by molar-refractivity contribution is -0.125. The maximum absolute atomic E-state index is 12.0. The number of nitrogens with two attached hydrogens (primary N) is 1. The molecule has 1 unspecified atom stereocenters. The van der Waals surface area contributed by atoms with Crippen molar-refractivity contribution in [1.82, 2.24) is 10.2 Å². The smallest absolute Gasteiger partial charge is 0.242 e. The minimum atomic E-state index is -0.831. The van der Waals surface area contributed by atoms with Gasteiger partial charge in [-0.1, -0.05) is 30.3 Å². The van der Waals surface area contributed by atoms with Gasteiger partial charge in [0.2, 0.25) is 5.91 Å². The molecule has 0 radical (unpaired) electrons. The summed E-state index contributed by atoms with van der Waals surface area (Å²) < 4.78 is 5.05. The molecular weight excluding hydrogens is 254 g/mol. The summed E-state index contributed by atoms with van der Waals surface area (Å²) in [6.45, 7) is 2.25. The number of carbonyl (C=O) groups is 1. The standard InChI is InChI=1S/C15H25N3O2/c1-17-15(14(16)19,13-7-5-4-6-8-13)9-10-18(2)11-12-20-3/h4-8,17H,9-12H2,1-3H3,(H2,16,19). The molecule has 0 saturated carbocycles. The molecule has 1 amide bonds. The third-order valence-corrected chi connectivity index (χ3v) is 3.66. The maximum Gasteiger partial charge on any atom is 0.242 e. The lowest BCUT2D eigenvalue weighted by Crippen LogP contribution is -2.52. The van der Waals surface area contributed by atoms with E-state index in [4.69, 9.17) is 10.5 Å². The lowest BCUT2D eigenvalue weighted by atomic mass is 9.85. The summed E-state index contributed by atoms with van der Waals surface area (Å²) >= 11 is 0. The number of methoxy groups -OCH3 is 1. The van der Waals surface area contributed by atoms with Crippen LogP contribution in [0.3, 0.4) is 0 Å². The molecule has 3 N–H and O–H groups in total. The second-order valence-electron chi connectivity index (χ2n) is 4.93. The first kappa shape index (κ1) is 16.6. The molecule has 112 valence electrons. The minimum absolute atomic E-state index is 0.355. The minimum Gasteiger partial charge on any atom is -0.383 e. The summed E-state index contributed by atoms with van der Waals surface area (Å²) in [5, 5.41) is 3.11. The van der Waals surface area contributed by atoms with Gasteiger partial charge < -0.3 is 20.7 Å². The summed E-state index contributed by atoms with van der Waals surface area (Å²) in [7, 11) is 5.46. The molecule has 5 heteroatoms. The third kappa shape index (κ3) is 4.03. The number of ether oxygens (including phenoxy) is 1. The van der Waals surface area contributed by atoms with Gasteiger partial charge in [0.1, 0.15) is 5.54 Å². The van der Waals surface area contributed by atoms with Crippen molar-refractivity contribution in [3.63, 3.8) is 0 Å². The van der Waals surface area contributed by atoms with E-state index in [0.717, 1.165) is 18.7 Å². The molecule has 1 aromatic carbocycles. The number of likely N-dealkylation sites (N-methyl/N-ethyl adjacent to an activating group) is 2. The Kier molecular flexibility index (Phi) is 6.64. The molecule has 1 rings (SSSR count). The number of carbonyl (C=O) groups excluding carboxylic acids is 1. The highest BCUT2D eigenvalue weighted by Crippen LogP contribution is 2.24. The molecule has 0 fully saturated rings. The molecule has 0 heterocycles. The van der Waals surface area contributed by atoms with Crippen LogP contribution < -0.4 is 11.1 Å². The molecule has 1 atom stereocenters. The van der Waals surface area contributed by atoms with E-state index in [9.17, 15) is 4.79 Å². The summed E-state index contributed by atoms with van der Waals surface area (Å²) in [5.74, 6) is -0.355. The molecule has 0 aliphatic carbocycles. The molecule has 0 aliphatic rings. The number of nitrogens with zero attached hydrogens (tertiary/aromatic N) is 1. The van der Waals surface area contributed by atoms with Gasteiger partial charge in [-0.15, -0.1) is 0 Å². The molecule has 20 heavy (non-hydrogen) atoms.